The first-order chi connectivity index (χ1) is 6.65. The predicted octanol–water partition coefficient (Wildman–Crippen LogP) is -0.499. The predicted molar refractivity (Wildman–Crippen MR) is 49.0 cm³/mol. The van der Waals surface area contributed by atoms with Gasteiger partial charge in [0.15, 0.2) is 0 Å². The molecule has 80 valence electrons. The summed E-state index contributed by atoms with van der Waals surface area (Å²) in [5.41, 5.74) is 9.11. The second kappa shape index (κ2) is 4.80. The SMILES string of the molecule is CCC1OCCC1C(=O)NNC(N)=O. The van der Waals surface area contributed by atoms with Gasteiger partial charge >= 0.3 is 6.03 Å². The van der Waals surface area contributed by atoms with E-state index in [1.54, 1.807) is 0 Å². The maximum Gasteiger partial charge on any atom is 0.330 e. The molecule has 4 N–H and O–H groups in total. The fourth-order valence-corrected chi connectivity index (χ4v) is 1.57. The molecule has 0 saturated carbocycles. The summed E-state index contributed by atoms with van der Waals surface area (Å²) in [5, 5.41) is 0. The number of rotatable bonds is 2. The van der Waals surface area contributed by atoms with Crippen LogP contribution < -0.4 is 16.6 Å². The summed E-state index contributed by atoms with van der Waals surface area (Å²) in [5.74, 6) is -0.431. The second-order valence-corrected chi connectivity index (χ2v) is 3.19. The molecule has 14 heavy (non-hydrogen) atoms. The van der Waals surface area contributed by atoms with Gasteiger partial charge in [-0.2, -0.15) is 0 Å². The van der Waals surface area contributed by atoms with Crippen molar-refractivity contribution in [2.24, 2.45) is 11.7 Å². The van der Waals surface area contributed by atoms with E-state index in [-0.39, 0.29) is 17.9 Å². The number of carbonyl (C=O) groups excluding carboxylic acids is 2. The monoisotopic (exact) mass is 201 g/mol. The Kier molecular flexibility index (Phi) is 3.70. The quantitative estimate of drug-likeness (QED) is 0.526. The topological polar surface area (TPSA) is 93.4 Å². The average molecular weight is 201 g/mol. The summed E-state index contributed by atoms with van der Waals surface area (Å²) in [6, 6.07) is -0.773. The molecular formula is C8H15N3O3. The normalized spacial score (nSPS) is 25.8. The number of carbonyl (C=O) groups is 2. The van der Waals surface area contributed by atoms with Gasteiger partial charge in [-0.3, -0.25) is 10.2 Å². The Hall–Kier alpha value is -1.30. The van der Waals surface area contributed by atoms with Crippen molar-refractivity contribution >= 4 is 11.9 Å². The minimum atomic E-state index is -0.773. The summed E-state index contributed by atoms with van der Waals surface area (Å²) in [6.45, 7) is 2.55. The Bertz CT molecular complexity index is 232. The van der Waals surface area contributed by atoms with Crippen LogP contribution in [0.5, 0.6) is 0 Å². The number of urea groups is 1. The zero-order chi connectivity index (χ0) is 10.6. The lowest BCUT2D eigenvalue weighted by Crippen LogP contribution is -2.48. The van der Waals surface area contributed by atoms with Crippen molar-refractivity contribution in [2.45, 2.75) is 25.9 Å². The van der Waals surface area contributed by atoms with Crippen LogP contribution in [0.2, 0.25) is 0 Å². The van der Waals surface area contributed by atoms with E-state index >= 15 is 0 Å². The molecule has 6 heteroatoms. The Morgan fingerprint density at radius 3 is 2.79 bits per heavy atom. The van der Waals surface area contributed by atoms with Crippen LogP contribution in [0.15, 0.2) is 0 Å². The van der Waals surface area contributed by atoms with Crippen LogP contribution in [0.1, 0.15) is 19.8 Å². The second-order valence-electron chi connectivity index (χ2n) is 3.19. The highest BCUT2D eigenvalue weighted by atomic mass is 16.5. The van der Waals surface area contributed by atoms with Crippen molar-refractivity contribution in [1.29, 1.82) is 0 Å². The van der Waals surface area contributed by atoms with E-state index in [1.807, 2.05) is 6.92 Å². The van der Waals surface area contributed by atoms with Crippen LogP contribution >= 0.6 is 0 Å². The number of primary amides is 1. The van der Waals surface area contributed by atoms with E-state index in [0.29, 0.717) is 13.0 Å². The van der Waals surface area contributed by atoms with Gasteiger partial charge in [-0.25, -0.2) is 10.2 Å². The third-order valence-corrected chi connectivity index (χ3v) is 2.26. The maximum absolute atomic E-state index is 11.5. The van der Waals surface area contributed by atoms with Crippen LogP contribution in [0.25, 0.3) is 0 Å². The Morgan fingerprint density at radius 2 is 2.21 bits per heavy atom. The van der Waals surface area contributed by atoms with Gasteiger partial charge < -0.3 is 10.5 Å². The van der Waals surface area contributed by atoms with Crippen molar-refractivity contribution in [3.63, 3.8) is 0 Å². The fraction of sp³-hybridized carbons (Fsp3) is 0.750. The fourth-order valence-electron chi connectivity index (χ4n) is 1.57. The lowest BCUT2D eigenvalue weighted by atomic mass is 9.99. The molecular weight excluding hydrogens is 186 g/mol. The van der Waals surface area contributed by atoms with Crippen LogP contribution in [0.4, 0.5) is 4.79 Å². The Morgan fingerprint density at radius 1 is 1.50 bits per heavy atom. The molecule has 2 atom stereocenters. The summed E-state index contributed by atoms with van der Waals surface area (Å²) < 4.78 is 5.34. The van der Waals surface area contributed by atoms with Gasteiger partial charge in [0.05, 0.1) is 12.0 Å². The highest BCUT2D eigenvalue weighted by Gasteiger charge is 2.32. The van der Waals surface area contributed by atoms with Gasteiger partial charge in [-0.15, -0.1) is 0 Å². The van der Waals surface area contributed by atoms with E-state index < -0.39 is 6.03 Å². The number of amides is 3. The van der Waals surface area contributed by atoms with Crippen molar-refractivity contribution in [2.75, 3.05) is 6.61 Å². The van der Waals surface area contributed by atoms with E-state index in [4.69, 9.17) is 10.5 Å². The number of ether oxygens (including phenoxy) is 1. The van der Waals surface area contributed by atoms with Gasteiger partial charge in [-0.05, 0) is 12.8 Å². The zero-order valence-corrected chi connectivity index (χ0v) is 8.08. The first kappa shape index (κ1) is 10.8. The van der Waals surface area contributed by atoms with Gasteiger partial charge in [0, 0.05) is 6.61 Å². The van der Waals surface area contributed by atoms with Crippen LogP contribution in [-0.4, -0.2) is 24.6 Å². The average Bonchev–Trinajstić information content (AvgIpc) is 2.61. The van der Waals surface area contributed by atoms with Crippen molar-refractivity contribution < 1.29 is 14.3 Å². The lowest BCUT2D eigenvalue weighted by molar-refractivity contribution is -0.127. The van der Waals surface area contributed by atoms with Crippen molar-refractivity contribution in [1.82, 2.24) is 10.9 Å². The molecule has 3 amide bonds. The first-order valence-electron chi connectivity index (χ1n) is 4.62. The molecule has 0 bridgehead atoms. The van der Waals surface area contributed by atoms with Crippen LogP contribution in [0, 0.1) is 5.92 Å². The summed E-state index contributed by atoms with van der Waals surface area (Å²) in [7, 11) is 0. The molecule has 1 aliphatic heterocycles. The molecule has 0 aliphatic carbocycles. The van der Waals surface area contributed by atoms with E-state index in [2.05, 4.69) is 10.9 Å². The number of hydrazine groups is 1. The van der Waals surface area contributed by atoms with E-state index in [9.17, 15) is 9.59 Å². The Labute approximate surface area is 82.1 Å². The summed E-state index contributed by atoms with van der Waals surface area (Å²) in [4.78, 5) is 21.8. The van der Waals surface area contributed by atoms with Crippen LogP contribution in [-0.2, 0) is 9.53 Å². The third-order valence-electron chi connectivity index (χ3n) is 2.26. The first-order valence-corrected chi connectivity index (χ1v) is 4.62. The van der Waals surface area contributed by atoms with Gasteiger partial charge in [-0.1, -0.05) is 6.92 Å². The van der Waals surface area contributed by atoms with Gasteiger partial charge in [0.25, 0.3) is 0 Å². The van der Waals surface area contributed by atoms with Crippen LogP contribution in [0.3, 0.4) is 0 Å². The van der Waals surface area contributed by atoms with E-state index in [1.165, 1.54) is 0 Å². The van der Waals surface area contributed by atoms with Gasteiger partial charge in [0.2, 0.25) is 5.91 Å². The maximum atomic E-state index is 11.5. The number of nitrogens with one attached hydrogen (secondary N) is 2. The minimum absolute atomic E-state index is 0.0512. The van der Waals surface area contributed by atoms with E-state index in [0.717, 1.165) is 6.42 Å². The molecule has 0 spiro atoms. The standard InChI is InChI=1S/C8H15N3O3/c1-2-6-5(3-4-14-6)7(12)10-11-8(9)13/h5-6H,2-4H2,1H3,(H,10,12)(H3,9,11,13). The largest absolute Gasteiger partial charge is 0.377 e. The summed E-state index contributed by atoms with van der Waals surface area (Å²) >= 11 is 0. The number of nitrogens with two attached hydrogens (primary N) is 1. The molecule has 1 rings (SSSR count). The van der Waals surface area contributed by atoms with Gasteiger partial charge in [0.1, 0.15) is 0 Å². The smallest absolute Gasteiger partial charge is 0.330 e. The molecule has 1 heterocycles. The molecule has 0 aromatic carbocycles. The molecule has 1 aliphatic rings. The summed E-state index contributed by atoms with van der Waals surface area (Å²) in [6.07, 6.45) is 1.42. The van der Waals surface area contributed by atoms with Crippen molar-refractivity contribution in [3.8, 4) is 0 Å². The lowest BCUT2D eigenvalue weighted by Gasteiger charge is -2.15. The molecule has 1 fully saturated rings. The number of hydrogen-bond donors (Lipinski definition) is 3. The zero-order valence-electron chi connectivity index (χ0n) is 8.08. The molecule has 2 unspecified atom stereocenters. The highest BCUT2D eigenvalue weighted by molar-refractivity contribution is 5.82. The molecule has 0 aromatic heterocycles. The highest BCUT2D eigenvalue weighted by Crippen LogP contribution is 2.22. The number of hydrogen-bond acceptors (Lipinski definition) is 3. The molecule has 0 aromatic rings. The molecule has 1 saturated heterocycles. The molecule has 0 radical (unpaired) electrons. The third kappa shape index (κ3) is 2.59. The Balaban J connectivity index is 2.39. The molecule has 6 nitrogen and oxygen atoms in total. The minimum Gasteiger partial charge on any atom is -0.377 e. The van der Waals surface area contributed by atoms with Crippen molar-refractivity contribution in [3.05, 3.63) is 0 Å².